The Morgan fingerprint density at radius 1 is 1.03 bits per heavy atom. The van der Waals surface area contributed by atoms with Crippen molar-refractivity contribution in [3.8, 4) is 11.1 Å². The minimum Gasteiger partial charge on any atom is -0.481 e. The molecule has 2 N–H and O–H groups in total. The molecule has 2 aromatic carbocycles. The number of carbonyl (C=O) groups excluding carboxylic acids is 2. The van der Waals surface area contributed by atoms with Gasteiger partial charge >= 0.3 is 12.1 Å². The van der Waals surface area contributed by atoms with Gasteiger partial charge in [0.1, 0.15) is 6.61 Å². The number of carboxylic acids is 1. The molecule has 0 unspecified atom stereocenters. The number of alkyl carbamates (subject to hydrolysis) is 1. The second kappa shape index (κ2) is 10.8. The van der Waals surface area contributed by atoms with E-state index in [9.17, 15) is 14.4 Å². The number of nitrogens with zero attached hydrogens (tertiary/aromatic N) is 2. The molecule has 0 fully saturated rings. The molecule has 0 radical (unpaired) electrons. The summed E-state index contributed by atoms with van der Waals surface area (Å²) in [5, 5.41) is 11.6. The van der Waals surface area contributed by atoms with E-state index in [4.69, 9.17) is 9.84 Å². The van der Waals surface area contributed by atoms with Crippen LogP contribution in [-0.2, 0) is 16.1 Å². The van der Waals surface area contributed by atoms with Crippen molar-refractivity contribution < 1.29 is 24.2 Å². The number of carboxylic acid groups (broad SMARTS) is 1. The third kappa shape index (κ3) is 5.48. The highest BCUT2D eigenvalue weighted by Crippen LogP contribution is 2.44. The average molecular weight is 474 g/mol. The van der Waals surface area contributed by atoms with Gasteiger partial charge in [0.2, 0.25) is 0 Å². The van der Waals surface area contributed by atoms with E-state index in [0.29, 0.717) is 17.8 Å². The Bertz CT molecular complexity index is 1200. The number of nitrogens with one attached hydrogen (secondary N) is 1. The maximum atomic E-state index is 12.7. The average Bonchev–Trinajstić information content (AvgIpc) is 3.20. The van der Waals surface area contributed by atoms with Crippen molar-refractivity contribution in [2.24, 2.45) is 0 Å². The third-order valence-corrected chi connectivity index (χ3v) is 6.09. The highest BCUT2D eigenvalue weighted by molar-refractivity contribution is 5.94. The summed E-state index contributed by atoms with van der Waals surface area (Å²) in [6.45, 7) is 2.61. The van der Waals surface area contributed by atoms with Crippen molar-refractivity contribution in [1.29, 1.82) is 0 Å². The Balaban J connectivity index is 1.34. The van der Waals surface area contributed by atoms with E-state index in [0.717, 1.165) is 22.3 Å². The van der Waals surface area contributed by atoms with Crippen LogP contribution in [-0.4, -0.2) is 52.7 Å². The van der Waals surface area contributed by atoms with Crippen LogP contribution in [0.3, 0.4) is 0 Å². The van der Waals surface area contributed by atoms with Crippen molar-refractivity contribution in [3.05, 3.63) is 89.2 Å². The molecule has 3 aromatic rings. The molecule has 4 rings (SSSR count). The summed E-state index contributed by atoms with van der Waals surface area (Å²) in [7, 11) is 0. The number of aliphatic carboxylic acids is 1. The largest absolute Gasteiger partial charge is 0.481 e. The molecule has 0 bridgehead atoms. The summed E-state index contributed by atoms with van der Waals surface area (Å²) in [4.78, 5) is 41.7. The number of benzene rings is 2. The fraction of sp³-hybridized carbons (Fsp3) is 0.259. The molecule has 8 nitrogen and oxygen atoms in total. The lowest BCUT2D eigenvalue weighted by Gasteiger charge is -2.20. The first-order valence-corrected chi connectivity index (χ1v) is 11.5. The second-order valence-electron chi connectivity index (χ2n) is 8.24. The normalized spacial score (nSPS) is 11.9. The van der Waals surface area contributed by atoms with Crippen LogP contribution in [0.5, 0.6) is 0 Å². The van der Waals surface area contributed by atoms with Crippen LogP contribution >= 0.6 is 0 Å². The first-order valence-electron chi connectivity index (χ1n) is 11.5. The van der Waals surface area contributed by atoms with E-state index >= 15 is 0 Å². The minimum atomic E-state index is -0.959. The zero-order chi connectivity index (χ0) is 24.8. The Morgan fingerprint density at radius 2 is 1.69 bits per heavy atom. The predicted molar refractivity (Wildman–Crippen MR) is 130 cm³/mol. The van der Waals surface area contributed by atoms with Gasteiger partial charge in [-0.1, -0.05) is 48.5 Å². The Kier molecular flexibility index (Phi) is 7.40. The lowest BCUT2D eigenvalue weighted by molar-refractivity contribution is -0.137. The topological polar surface area (TPSA) is 109 Å². The van der Waals surface area contributed by atoms with Gasteiger partial charge in [0.15, 0.2) is 0 Å². The predicted octanol–water partition coefficient (Wildman–Crippen LogP) is 4.06. The second-order valence-corrected chi connectivity index (χ2v) is 8.24. The minimum absolute atomic E-state index is 0.0296. The molecular weight excluding hydrogens is 446 g/mol. The van der Waals surface area contributed by atoms with Gasteiger partial charge in [-0.3, -0.25) is 14.6 Å². The number of hydrogen-bond acceptors (Lipinski definition) is 5. The van der Waals surface area contributed by atoms with E-state index in [1.54, 1.807) is 19.1 Å². The smallest absolute Gasteiger partial charge is 0.407 e. The monoisotopic (exact) mass is 473 g/mol. The first-order chi connectivity index (χ1) is 17.0. The molecular formula is C27H27N3O5. The van der Waals surface area contributed by atoms with Gasteiger partial charge in [0.05, 0.1) is 18.7 Å². The summed E-state index contributed by atoms with van der Waals surface area (Å²) in [6.07, 6.45) is 0.801. The maximum absolute atomic E-state index is 12.7. The van der Waals surface area contributed by atoms with Gasteiger partial charge in [-0.15, -0.1) is 0 Å². The van der Waals surface area contributed by atoms with Gasteiger partial charge < -0.3 is 20.1 Å². The lowest BCUT2D eigenvalue weighted by Crippen LogP contribution is -2.33. The van der Waals surface area contributed by atoms with Crippen LogP contribution in [0, 0.1) is 0 Å². The van der Waals surface area contributed by atoms with Crippen molar-refractivity contribution in [2.75, 3.05) is 19.7 Å². The lowest BCUT2D eigenvalue weighted by atomic mass is 9.98. The standard InChI is InChI=1S/C27H27N3O5/c1-2-30(14-12-25(31)32)26(33)18-11-13-28-19(15-18)16-29-27(34)35-17-24-22-9-5-3-7-20(22)21-8-4-6-10-23(21)24/h3-11,13,15,24H,2,12,14,16-17H2,1H3,(H,29,34)(H,31,32). The van der Waals surface area contributed by atoms with Crippen LogP contribution in [0.1, 0.15) is 46.4 Å². The highest BCUT2D eigenvalue weighted by Gasteiger charge is 2.29. The molecule has 2 amide bonds. The van der Waals surface area contributed by atoms with Gasteiger partial charge in [-0.25, -0.2) is 4.79 Å². The fourth-order valence-corrected chi connectivity index (χ4v) is 4.34. The van der Waals surface area contributed by atoms with Crippen LogP contribution in [0.2, 0.25) is 0 Å². The number of aromatic nitrogens is 1. The van der Waals surface area contributed by atoms with Crippen molar-refractivity contribution >= 4 is 18.0 Å². The fourth-order valence-electron chi connectivity index (χ4n) is 4.34. The third-order valence-electron chi connectivity index (χ3n) is 6.09. The SMILES string of the molecule is CCN(CCC(=O)O)C(=O)c1ccnc(CNC(=O)OCC2c3ccccc3-c3ccccc32)c1. The number of hydrogen-bond donors (Lipinski definition) is 2. The molecule has 180 valence electrons. The quantitative estimate of drug-likeness (QED) is 0.485. The molecule has 8 heteroatoms. The van der Waals surface area contributed by atoms with Crippen LogP contribution in [0.15, 0.2) is 66.9 Å². The van der Waals surface area contributed by atoms with Gasteiger partial charge in [-0.05, 0) is 41.3 Å². The number of ether oxygens (including phenoxy) is 1. The molecule has 1 aromatic heterocycles. The molecule has 0 saturated carbocycles. The van der Waals surface area contributed by atoms with Crippen molar-refractivity contribution in [2.45, 2.75) is 25.8 Å². The molecule has 1 heterocycles. The first kappa shape index (κ1) is 23.9. The molecule has 0 saturated heterocycles. The summed E-state index contributed by atoms with van der Waals surface area (Å²) in [5.74, 6) is -1.27. The Hall–Kier alpha value is -4.20. The zero-order valence-electron chi connectivity index (χ0n) is 19.4. The molecule has 1 aliphatic rings. The summed E-state index contributed by atoms with van der Waals surface area (Å²) < 4.78 is 5.54. The van der Waals surface area contributed by atoms with Gasteiger partial charge in [0, 0.05) is 30.8 Å². The summed E-state index contributed by atoms with van der Waals surface area (Å²) in [5.41, 5.74) is 5.48. The van der Waals surface area contributed by atoms with Gasteiger partial charge in [-0.2, -0.15) is 0 Å². The van der Waals surface area contributed by atoms with E-state index in [-0.39, 0.29) is 37.9 Å². The summed E-state index contributed by atoms with van der Waals surface area (Å²) >= 11 is 0. The summed E-state index contributed by atoms with van der Waals surface area (Å²) in [6, 6.07) is 19.4. The van der Waals surface area contributed by atoms with E-state index in [2.05, 4.69) is 34.6 Å². The zero-order valence-corrected chi connectivity index (χ0v) is 19.4. The molecule has 35 heavy (non-hydrogen) atoms. The van der Waals surface area contributed by atoms with Crippen molar-refractivity contribution in [3.63, 3.8) is 0 Å². The van der Waals surface area contributed by atoms with E-state index in [1.165, 1.54) is 11.1 Å². The number of amides is 2. The van der Waals surface area contributed by atoms with Crippen LogP contribution < -0.4 is 5.32 Å². The molecule has 1 aliphatic carbocycles. The highest BCUT2D eigenvalue weighted by atomic mass is 16.5. The maximum Gasteiger partial charge on any atom is 0.407 e. The number of fused-ring (bicyclic) bond motifs is 3. The molecule has 0 spiro atoms. The van der Waals surface area contributed by atoms with Crippen LogP contribution in [0.4, 0.5) is 4.79 Å². The molecule has 0 aliphatic heterocycles. The number of rotatable bonds is 9. The Labute approximate surface area is 203 Å². The number of pyridine rings is 1. The number of carbonyl (C=O) groups is 3. The van der Waals surface area contributed by atoms with Crippen molar-refractivity contribution in [1.82, 2.24) is 15.2 Å². The van der Waals surface area contributed by atoms with E-state index < -0.39 is 12.1 Å². The van der Waals surface area contributed by atoms with Gasteiger partial charge in [0.25, 0.3) is 5.91 Å². The van der Waals surface area contributed by atoms with E-state index in [1.807, 2.05) is 24.3 Å². The molecule has 0 atom stereocenters. The Morgan fingerprint density at radius 3 is 2.31 bits per heavy atom. The van der Waals surface area contributed by atoms with Crippen LogP contribution in [0.25, 0.3) is 11.1 Å².